The van der Waals surface area contributed by atoms with E-state index >= 15 is 0 Å². The van der Waals surface area contributed by atoms with Crippen LogP contribution in [0.3, 0.4) is 0 Å². The number of hydrazone groups is 1. The van der Waals surface area contributed by atoms with Crippen molar-refractivity contribution in [2.75, 3.05) is 35.0 Å². The maximum absolute atomic E-state index is 12.3. The van der Waals surface area contributed by atoms with Crippen LogP contribution in [0.4, 0.5) is 4.79 Å². The molecule has 12 nitrogen and oxygen atoms in total. The fourth-order valence-electron chi connectivity index (χ4n) is 3.60. The summed E-state index contributed by atoms with van der Waals surface area (Å²) in [6, 6.07) is 8.78. The molecule has 0 bridgehead atoms. The van der Waals surface area contributed by atoms with E-state index in [9.17, 15) is 14.4 Å². The number of amides is 3. The Bertz CT molecular complexity index is 1240. The van der Waals surface area contributed by atoms with E-state index in [1.165, 1.54) is 27.5 Å². The molecule has 3 rings (SSSR count). The van der Waals surface area contributed by atoms with Crippen LogP contribution in [-0.2, 0) is 14.3 Å². The first-order chi connectivity index (χ1) is 17.8. The van der Waals surface area contributed by atoms with Gasteiger partial charge in [0.15, 0.2) is 18.1 Å². The zero-order valence-electron chi connectivity index (χ0n) is 21.0. The first-order valence-electron chi connectivity index (χ1n) is 11.0. The van der Waals surface area contributed by atoms with Crippen molar-refractivity contribution in [2.24, 2.45) is 5.10 Å². The summed E-state index contributed by atoms with van der Waals surface area (Å²) in [5.41, 5.74) is 4.18. The van der Waals surface area contributed by atoms with E-state index in [-0.39, 0.29) is 17.9 Å². The fraction of sp³-hybridized carbons (Fsp3) is 0.280. The van der Waals surface area contributed by atoms with E-state index < -0.39 is 23.9 Å². The van der Waals surface area contributed by atoms with E-state index in [0.717, 1.165) is 0 Å². The number of hydrogen-bond acceptors (Lipinski definition) is 9. The molecule has 0 radical (unpaired) electrons. The molecule has 0 spiro atoms. The largest absolute Gasteiger partial charge is 0.497 e. The van der Waals surface area contributed by atoms with Gasteiger partial charge < -0.3 is 34.3 Å². The summed E-state index contributed by atoms with van der Waals surface area (Å²) >= 11 is 0. The first-order valence-corrected chi connectivity index (χ1v) is 11.0. The molecule has 0 aliphatic carbocycles. The van der Waals surface area contributed by atoms with Gasteiger partial charge in [-0.05, 0) is 42.8 Å². The number of rotatable bonds is 10. The lowest BCUT2D eigenvalue weighted by molar-refractivity contribution is -0.136. The second-order valence-corrected chi connectivity index (χ2v) is 7.66. The zero-order chi connectivity index (χ0) is 26.9. The monoisotopic (exact) mass is 512 g/mol. The van der Waals surface area contributed by atoms with Crippen molar-refractivity contribution in [1.29, 1.82) is 0 Å². The minimum absolute atomic E-state index is 0.253. The van der Waals surface area contributed by atoms with E-state index in [0.29, 0.717) is 34.1 Å². The number of methoxy groups -OCH3 is 4. The van der Waals surface area contributed by atoms with Crippen LogP contribution in [0.2, 0.25) is 0 Å². The van der Waals surface area contributed by atoms with Gasteiger partial charge >= 0.3 is 12.0 Å². The van der Waals surface area contributed by atoms with Crippen molar-refractivity contribution in [3.8, 4) is 23.0 Å². The number of carbonyl (C=O) groups excluding carboxylic acids is 3. The van der Waals surface area contributed by atoms with Gasteiger partial charge in [-0.25, -0.2) is 15.0 Å². The SMILES string of the molecule is COC(=O)C1=C(C)NC(=O)N[C@@H]1c1ccc(OCC(=O)N/N=C\c2cc(OC)ccc2OC)c(OC)c1. The molecule has 196 valence electrons. The Morgan fingerprint density at radius 1 is 1.00 bits per heavy atom. The Morgan fingerprint density at radius 2 is 1.73 bits per heavy atom. The van der Waals surface area contributed by atoms with Gasteiger partial charge in [-0.2, -0.15) is 5.10 Å². The standard InChI is InChI=1S/C25H28N4O8/c1-14-22(24(31)36-5)23(28-25(32)27-14)15-6-8-19(20(11-15)35-4)37-13-21(30)29-26-12-16-10-17(33-2)7-9-18(16)34-3/h6-12,23H,13H2,1-5H3,(H,29,30)(H2,27,28,32)/b26-12-/t23-/m1/s1. The van der Waals surface area contributed by atoms with Crippen molar-refractivity contribution < 1.29 is 38.1 Å². The lowest BCUT2D eigenvalue weighted by atomic mass is 9.95. The molecule has 0 saturated heterocycles. The molecular weight excluding hydrogens is 484 g/mol. The van der Waals surface area contributed by atoms with Crippen LogP contribution < -0.4 is 35.0 Å². The average molecular weight is 513 g/mol. The number of esters is 1. The number of hydrogen-bond donors (Lipinski definition) is 3. The summed E-state index contributed by atoms with van der Waals surface area (Å²) < 4.78 is 26.3. The van der Waals surface area contributed by atoms with Crippen LogP contribution in [0.25, 0.3) is 0 Å². The third-order valence-corrected chi connectivity index (χ3v) is 5.38. The van der Waals surface area contributed by atoms with Gasteiger partial charge in [0, 0.05) is 11.3 Å². The molecule has 0 unspecified atom stereocenters. The van der Waals surface area contributed by atoms with Crippen LogP contribution in [0.5, 0.6) is 23.0 Å². The molecule has 2 aromatic rings. The smallest absolute Gasteiger partial charge is 0.337 e. The lowest BCUT2D eigenvalue weighted by Gasteiger charge is -2.28. The van der Waals surface area contributed by atoms with Crippen molar-refractivity contribution in [1.82, 2.24) is 16.1 Å². The summed E-state index contributed by atoms with van der Waals surface area (Å²) in [5.74, 6) is 0.649. The van der Waals surface area contributed by atoms with E-state index in [4.69, 9.17) is 23.7 Å². The van der Waals surface area contributed by atoms with Crippen LogP contribution in [0, 0.1) is 0 Å². The summed E-state index contributed by atoms with van der Waals surface area (Å²) in [6.07, 6.45) is 1.43. The maximum atomic E-state index is 12.3. The number of nitrogens with one attached hydrogen (secondary N) is 3. The molecule has 1 heterocycles. The highest BCUT2D eigenvalue weighted by Crippen LogP contribution is 2.34. The molecule has 1 aliphatic rings. The topological polar surface area (TPSA) is 146 Å². The fourth-order valence-corrected chi connectivity index (χ4v) is 3.60. The molecule has 0 fully saturated rings. The Kier molecular flexibility index (Phi) is 8.92. The Labute approximate surface area is 213 Å². The molecule has 1 atom stereocenters. The van der Waals surface area contributed by atoms with Gasteiger partial charge in [0.25, 0.3) is 5.91 Å². The minimum atomic E-state index is -0.768. The second kappa shape index (κ2) is 12.3. The molecule has 3 N–H and O–H groups in total. The van der Waals surface area contributed by atoms with Gasteiger partial charge in [-0.3, -0.25) is 4.79 Å². The Morgan fingerprint density at radius 3 is 2.41 bits per heavy atom. The van der Waals surface area contributed by atoms with Gasteiger partial charge in [-0.1, -0.05) is 6.07 Å². The van der Waals surface area contributed by atoms with Crippen molar-refractivity contribution >= 4 is 24.1 Å². The number of ether oxygens (including phenoxy) is 5. The molecule has 3 amide bonds. The average Bonchev–Trinajstić information content (AvgIpc) is 2.90. The highest BCUT2D eigenvalue weighted by Gasteiger charge is 2.32. The van der Waals surface area contributed by atoms with Crippen molar-refractivity contribution in [3.63, 3.8) is 0 Å². The van der Waals surface area contributed by atoms with Gasteiger partial charge in [-0.15, -0.1) is 0 Å². The van der Waals surface area contributed by atoms with E-state index in [1.54, 1.807) is 50.4 Å². The lowest BCUT2D eigenvalue weighted by Crippen LogP contribution is -2.45. The van der Waals surface area contributed by atoms with E-state index in [1.807, 2.05) is 0 Å². The molecule has 0 aromatic heterocycles. The maximum Gasteiger partial charge on any atom is 0.337 e. The quantitative estimate of drug-likeness (QED) is 0.249. The third kappa shape index (κ3) is 6.48. The normalized spacial score (nSPS) is 14.9. The van der Waals surface area contributed by atoms with E-state index in [2.05, 4.69) is 21.2 Å². The van der Waals surface area contributed by atoms with Crippen LogP contribution in [0.1, 0.15) is 24.1 Å². The van der Waals surface area contributed by atoms with Crippen LogP contribution in [0.15, 0.2) is 52.8 Å². The number of benzene rings is 2. The highest BCUT2D eigenvalue weighted by atomic mass is 16.5. The van der Waals surface area contributed by atoms with Crippen LogP contribution in [-0.4, -0.2) is 59.2 Å². The number of nitrogens with zero attached hydrogens (tertiary/aromatic N) is 1. The second-order valence-electron chi connectivity index (χ2n) is 7.66. The number of allylic oxidation sites excluding steroid dienone is 1. The number of carbonyl (C=O) groups is 3. The summed E-state index contributed by atoms with van der Waals surface area (Å²) in [5, 5.41) is 9.20. The number of urea groups is 1. The molecule has 2 aromatic carbocycles. The summed E-state index contributed by atoms with van der Waals surface area (Å²) in [4.78, 5) is 36.6. The molecule has 12 heteroatoms. The molecular formula is C25H28N4O8. The predicted octanol–water partition coefficient (Wildman–Crippen LogP) is 2.04. The third-order valence-electron chi connectivity index (χ3n) is 5.38. The predicted molar refractivity (Wildman–Crippen MR) is 133 cm³/mol. The van der Waals surface area contributed by atoms with Gasteiger partial charge in [0.2, 0.25) is 0 Å². The van der Waals surface area contributed by atoms with Gasteiger partial charge in [0.05, 0.1) is 46.3 Å². The van der Waals surface area contributed by atoms with Crippen molar-refractivity contribution in [3.05, 3.63) is 58.8 Å². The molecule has 1 aliphatic heterocycles. The first kappa shape index (κ1) is 26.9. The summed E-state index contributed by atoms with van der Waals surface area (Å²) in [7, 11) is 5.76. The Hall–Kier alpha value is -4.74. The molecule has 37 heavy (non-hydrogen) atoms. The van der Waals surface area contributed by atoms with Gasteiger partial charge in [0.1, 0.15) is 11.5 Å². The van der Waals surface area contributed by atoms with Crippen molar-refractivity contribution in [2.45, 2.75) is 13.0 Å². The highest BCUT2D eigenvalue weighted by molar-refractivity contribution is 5.95. The minimum Gasteiger partial charge on any atom is -0.497 e. The summed E-state index contributed by atoms with van der Waals surface area (Å²) in [6.45, 7) is 1.26. The Balaban J connectivity index is 1.69. The molecule has 0 saturated carbocycles. The van der Waals surface area contributed by atoms with Crippen LogP contribution >= 0.6 is 0 Å². The zero-order valence-corrected chi connectivity index (χ0v) is 21.0.